The monoisotopic (exact) mass is 306 g/mol. The summed E-state index contributed by atoms with van der Waals surface area (Å²) >= 11 is 1.85. The van der Waals surface area contributed by atoms with Crippen molar-refractivity contribution in [2.75, 3.05) is 25.9 Å². The van der Waals surface area contributed by atoms with E-state index in [2.05, 4.69) is 35.9 Å². The minimum Gasteiger partial charge on any atom is -0.355 e. The molecule has 1 aromatic carbocycles. The van der Waals surface area contributed by atoms with Gasteiger partial charge in [-0.05, 0) is 44.2 Å². The van der Waals surface area contributed by atoms with Crippen LogP contribution >= 0.6 is 11.8 Å². The van der Waals surface area contributed by atoms with Crippen molar-refractivity contribution >= 4 is 17.7 Å². The van der Waals surface area contributed by atoms with Gasteiger partial charge in [-0.2, -0.15) is 11.8 Å². The molecule has 1 amide bonds. The van der Waals surface area contributed by atoms with Gasteiger partial charge in [-0.3, -0.25) is 4.79 Å². The highest BCUT2D eigenvalue weighted by molar-refractivity contribution is 7.99. The fourth-order valence-electron chi connectivity index (χ4n) is 2.93. The van der Waals surface area contributed by atoms with Crippen LogP contribution in [0.5, 0.6) is 0 Å². The Kier molecular flexibility index (Phi) is 6.12. The number of rotatable bonds is 6. The Morgan fingerprint density at radius 2 is 2.00 bits per heavy atom. The van der Waals surface area contributed by atoms with Crippen LogP contribution in [0.1, 0.15) is 31.7 Å². The summed E-state index contributed by atoms with van der Waals surface area (Å²) < 4.78 is 0. The molecule has 0 radical (unpaired) electrons. The Morgan fingerprint density at radius 3 is 2.62 bits per heavy atom. The fourth-order valence-corrected chi connectivity index (χ4v) is 3.29. The van der Waals surface area contributed by atoms with Gasteiger partial charge in [-0.1, -0.05) is 37.3 Å². The van der Waals surface area contributed by atoms with E-state index in [0.29, 0.717) is 5.25 Å². The van der Waals surface area contributed by atoms with Crippen LogP contribution in [0.3, 0.4) is 0 Å². The minimum atomic E-state index is -0.352. The normalized spacial score (nSPS) is 19.0. The van der Waals surface area contributed by atoms with Gasteiger partial charge in [0.1, 0.15) is 0 Å². The first-order valence-electron chi connectivity index (χ1n) is 7.76. The van der Waals surface area contributed by atoms with Crippen LogP contribution in [-0.2, 0) is 10.2 Å². The summed E-state index contributed by atoms with van der Waals surface area (Å²) in [5, 5.41) is 7.13. The molecule has 0 spiro atoms. The number of hydrogen-bond donors (Lipinski definition) is 2. The van der Waals surface area contributed by atoms with E-state index in [1.54, 1.807) is 0 Å². The first-order chi connectivity index (χ1) is 10.2. The van der Waals surface area contributed by atoms with Crippen LogP contribution in [0.25, 0.3) is 0 Å². The van der Waals surface area contributed by atoms with Crippen LogP contribution < -0.4 is 10.6 Å². The number of carbonyl (C=O) groups is 1. The predicted molar refractivity (Wildman–Crippen MR) is 90.8 cm³/mol. The van der Waals surface area contributed by atoms with Crippen LogP contribution in [0.2, 0.25) is 0 Å². The summed E-state index contributed by atoms with van der Waals surface area (Å²) in [5.41, 5.74) is 0.802. The minimum absolute atomic E-state index is 0.198. The first-order valence-corrected chi connectivity index (χ1v) is 9.05. The molecular weight excluding hydrogens is 280 g/mol. The summed E-state index contributed by atoms with van der Waals surface area (Å²) in [4.78, 5) is 12.8. The number of amides is 1. The average Bonchev–Trinajstić information content (AvgIpc) is 2.56. The molecule has 1 heterocycles. The van der Waals surface area contributed by atoms with Gasteiger partial charge in [0.15, 0.2) is 0 Å². The SMILES string of the molecule is CS[C@@H](C)CCNC(=O)C1(c2ccccc2)CCNCC1. The molecule has 1 aromatic rings. The third kappa shape index (κ3) is 4.01. The Bertz CT molecular complexity index is 443. The molecule has 116 valence electrons. The summed E-state index contributed by atoms with van der Waals surface area (Å²) in [6, 6.07) is 10.3. The molecule has 1 fully saturated rings. The molecule has 2 N–H and O–H groups in total. The first kappa shape index (κ1) is 16.4. The van der Waals surface area contributed by atoms with Crippen molar-refractivity contribution in [1.29, 1.82) is 0 Å². The lowest BCUT2D eigenvalue weighted by atomic mass is 9.72. The van der Waals surface area contributed by atoms with E-state index in [1.165, 1.54) is 0 Å². The Labute approximate surface area is 132 Å². The summed E-state index contributed by atoms with van der Waals surface area (Å²) in [6.07, 6.45) is 4.89. The average molecular weight is 306 g/mol. The van der Waals surface area contributed by atoms with E-state index in [4.69, 9.17) is 0 Å². The van der Waals surface area contributed by atoms with Crippen molar-refractivity contribution in [3.05, 3.63) is 35.9 Å². The molecule has 1 atom stereocenters. The molecule has 1 aliphatic rings. The number of carbonyl (C=O) groups excluding carboxylic acids is 1. The molecular formula is C17H26N2OS. The second-order valence-electron chi connectivity index (χ2n) is 5.79. The largest absolute Gasteiger partial charge is 0.355 e. The molecule has 0 bridgehead atoms. The predicted octanol–water partition coefficient (Wildman–Crippen LogP) is 2.57. The van der Waals surface area contributed by atoms with Crippen LogP contribution in [0.4, 0.5) is 0 Å². The third-order valence-electron chi connectivity index (χ3n) is 4.46. The van der Waals surface area contributed by atoms with Crippen molar-refractivity contribution in [3.8, 4) is 0 Å². The number of benzene rings is 1. The van der Waals surface area contributed by atoms with Crippen molar-refractivity contribution in [1.82, 2.24) is 10.6 Å². The highest BCUT2D eigenvalue weighted by Crippen LogP contribution is 2.33. The maximum absolute atomic E-state index is 12.8. The molecule has 1 aliphatic heterocycles. The lowest BCUT2D eigenvalue weighted by Crippen LogP contribution is -2.51. The maximum Gasteiger partial charge on any atom is 0.230 e. The summed E-state index contributed by atoms with van der Waals surface area (Å²) in [6.45, 7) is 4.78. The number of hydrogen-bond acceptors (Lipinski definition) is 3. The highest BCUT2D eigenvalue weighted by Gasteiger charge is 2.40. The van der Waals surface area contributed by atoms with Gasteiger partial charge in [0.05, 0.1) is 5.41 Å². The quantitative estimate of drug-likeness (QED) is 0.849. The van der Waals surface area contributed by atoms with Gasteiger partial charge in [0.25, 0.3) is 0 Å². The maximum atomic E-state index is 12.8. The van der Waals surface area contributed by atoms with E-state index < -0.39 is 0 Å². The molecule has 21 heavy (non-hydrogen) atoms. The van der Waals surface area contributed by atoms with Crippen molar-refractivity contribution in [3.63, 3.8) is 0 Å². The molecule has 0 unspecified atom stereocenters. The van der Waals surface area contributed by atoms with Gasteiger partial charge < -0.3 is 10.6 Å². The van der Waals surface area contributed by atoms with E-state index >= 15 is 0 Å². The number of thioether (sulfide) groups is 1. The molecule has 0 aliphatic carbocycles. The third-order valence-corrected chi connectivity index (χ3v) is 5.50. The summed E-state index contributed by atoms with van der Waals surface area (Å²) in [7, 11) is 0. The van der Waals surface area contributed by atoms with E-state index in [0.717, 1.165) is 44.5 Å². The number of piperidine rings is 1. The molecule has 0 saturated carbocycles. The lowest BCUT2D eigenvalue weighted by Gasteiger charge is -2.36. The fraction of sp³-hybridized carbons (Fsp3) is 0.588. The smallest absolute Gasteiger partial charge is 0.230 e. The van der Waals surface area contributed by atoms with Crippen molar-refractivity contribution < 1.29 is 4.79 Å². The topological polar surface area (TPSA) is 41.1 Å². The zero-order chi connectivity index (χ0) is 15.1. The second kappa shape index (κ2) is 7.85. The molecule has 1 saturated heterocycles. The van der Waals surface area contributed by atoms with E-state index in [9.17, 15) is 4.79 Å². The molecule has 0 aromatic heterocycles. The zero-order valence-electron chi connectivity index (χ0n) is 13.0. The van der Waals surface area contributed by atoms with Gasteiger partial charge in [-0.25, -0.2) is 0 Å². The second-order valence-corrected chi connectivity index (χ2v) is 7.07. The van der Waals surface area contributed by atoms with Gasteiger partial charge in [-0.15, -0.1) is 0 Å². The van der Waals surface area contributed by atoms with Gasteiger partial charge in [0.2, 0.25) is 5.91 Å². The van der Waals surface area contributed by atoms with Crippen LogP contribution in [0.15, 0.2) is 30.3 Å². The zero-order valence-corrected chi connectivity index (χ0v) is 13.8. The van der Waals surface area contributed by atoms with E-state index in [1.807, 2.05) is 30.0 Å². The highest BCUT2D eigenvalue weighted by atomic mass is 32.2. The van der Waals surface area contributed by atoms with Crippen molar-refractivity contribution in [2.45, 2.75) is 36.9 Å². The van der Waals surface area contributed by atoms with Crippen LogP contribution in [0, 0.1) is 0 Å². The van der Waals surface area contributed by atoms with Crippen LogP contribution in [-0.4, -0.2) is 37.0 Å². The Balaban J connectivity index is 2.07. The number of nitrogens with one attached hydrogen (secondary N) is 2. The lowest BCUT2D eigenvalue weighted by molar-refractivity contribution is -0.127. The molecule has 3 nitrogen and oxygen atoms in total. The van der Waals surface area contributed by atoms with E-state index in [-0.39, 0.29) is 11.3 Å². The van der Waals surface area contributed by atoms with Gasteiger partial charge >= 0.3 is 0 Å². The van der Waals surface area contributed by atoms with Crippen molar-refractivity contribution in [2.24, 2.45) is 0 Å². The Morgan fingerprint density at radius 1 is 1.33 bits per heavy atom. The summed E-state index contributed by atoms with van der Waals surface area (Å²) in [5.74, 6) is 0.198. The standard InChI is InChI=1S/C17H26N2OS/c1-14(21-2)8-11-19-16(20)17(9-12-18-13-10-17)15-6-4-3-5-7-15/h3-7,14,18H,8-13H2,1-2H3,(H,19,20)/t14-/m0/s1. The van der Waals surface area contributed by atoms with Gasteiger partial charge in [0, 0.05) is 11.8 Å². The Hall–Kier alpha value is -1.00. The molecule has 2 rings (SSSR count). The molecule has 4 heteroatoms.